The Balaban J connectivity index is 4.24. The van der Waals surface area contributed by atoms with Crippen molar-refractivity contribution in [3.05, 3.63) is 48.6 Å². The molecule has 330 valence electrons. The lowest BCUT2D eigenvalue weighted by atomic mass is 10.0. The van der Waals surface area contributed by atoms with Crippen molar-refractivity contribution < 1.29 is 38.2 Å². The van der Waals surface area contributed by atoms with E-state index >= 15 is 0 Å². The molecular formula is C49H88NO7+. The molecule has 0 aromatic carbocycles. The molecule has 57 heavy (non-hydrogen) atoms. The molecule has 2 unspecified atom stereocenters. The number of allylic oxidation sites excluding steroid dienone is 8. The van der Waals surface area contributed by atoms with E-state index in [1.807, 2.05) is 21.1 Å². The van der Waals surface area contributed by atoms with Crippen LogP contribution in [-0.4, -0.2) is 80.6 Å². The van der Waals surface area contributed by atoms with Crippen LogP contribution in [0, 0.1) is 0 Å². The second-order valence-electron chi connectivity index (χ2n) is 16.6. The molecule has 0 heterocycles. The normalized spacial score (nSPS) is 13.4. The van der Waals surface area contributed by atoms with Crippen LogP contribution in [0.3, 0.4) is 0 Å². The molecule has 0 radical (unpaired) electrons. The molecule has 1 N–H and O–H groups in total. The Bertz CT molecular complexity index is 1070. The first-order valence-electron chi connectivity index (χ1n) is 23.2. The number of rotatable bonds is 41. The average molecular weight is 803 g/mol. The fourth-order valence-corrected chi connectivity index (χ4v) is 6.63. The minimum Gasteiger partial charge on any atom is -0.477 e. The standard InChI is InChI=1S/C49H87NO7/c1-6-8-10-12-14-16-18-20-21-22-23-24-25-26-27-28-30-31-33-35-37-39-47(51)56-44-45(43-55-42-41-46(49(53)54)50(3,4)5)57-48(52)40-38-36-34-32-29-19-17-15-13-11-9-7-2/h8,10,14-17,20-21,45-46H,6-7,9,11-13,18-19,22-44H2,1-5H3/p+1/b10-8+,16-14+,17-15+,21-20+. The molecule has 0 saturated heterocycles. The third kappa shape index (κ3) is 38.6. The molecular weight excluding hydrogens is 715 g/mol. The number of carbonyl (C=O) groups is 3. The number of carbonyl (C=O) groups excluding carboxylic acids is 2. The number of hydrogen-bond acceptors (Lipinski definition) is 6. The van der Waals surface area contributed by atoms with Gasteiger partial charge in [0.2, 0.25) is 0 Å². The molecule has 0 amide bonds. The molecule has 0 fully saturated rings. The maximum absolute atomic E-state index is 12.7. The second kappa shape index (κ2) is 40.1. The highest BCUT2D eigenvalue weighted by atomic mass is 16.6. The van der Waals surface area contributed by atoms with Gasteiger partial charge >= 0.3 is 17.9 Å². The van der Waals surface area contributed by atoms with Gasteiger partial charge in [0.25, 0.3) is 0 Å². The number of hydrogen-bond donors (Lipinski definition) is 1. The van der Waals surface area contributed by atoms with Crippen molar-refractivity contribution in [1.82, 2.24) is 0 Å². The van der Waals surface area contributed by atoms with Crippen molar-refractivity contribution in [2.75, 3.05) is 41.0 Å². The lowest BCUT2D eigenvalue weighted by Crippen LogP contribution is -2.50. The Kier molecular flexibility index (Phi) is 38.2. The summed E-state index contributed by atoms with van der Waals surface area (Å²) in [5.41, 5.74) is 0. The Morgan fingerprint density at radius 2 is 0.982 bits per heavy atom. The Labute approximate surface area is 350 Å². The van der Waals surface area contributed by atoms with Crippen LogP contribution in [0.4, 0.5) is 0 Å². The first-order valence-corrected chi connectivity index (χ1v) is 23.2. The van der Waals surface area contributed by atoms with E-state index in [4.69, 9.17) is 14.2 Å². The summed E-state index contributed by atoms with van der Waals surface area (Å²) in [5, 5.41) is 9.62. The van der Waals surface area contributed by atoms with Gasteiger partial charge in [-0.3, -0.25) is 9.59 Å². The summed E-state index contributed by atoms with van der Waals surface area (Å²) in [6.45, 7) is 4.60. The fourth-order valence-electron chi connectivity index (χ4n) is 6.63. The van der Waals surface area contributed by atoms with E-state index in [0.29, 0.717) is 19.3 Å². The molecule has 0 bridgehead atoms. The highest BCUT2D eigenvalue weighted by Crippen LogP contribution is 2.15. The van der Waals surface area contributed by atoms with Crippen molar-refractivity contribution in [3.63, 3.8) is 0 Å². The highest BCUT2D eigenvalue weighted by molar-refractivity contribution is 5.72. The van der Waals surface area contributed by atoms with Gasteiger partial charge in [0, 0.05) is 19.3 Å². The van der Waals surface area contributed by atoms with E-state index in [1.54, 1.807) is 0 Å². The van der Waals surface area contributed by atoms with Gasteiger partial charge in [-0.25, -0.2) is 4.79 Å². The van der Waals surface area contributed by atoms with Gasteiger partial charge in [-0.1, -0.05) is 152 Å². The first kappa shape index (κ1) is 54.3. The lowest BCUT2D eigenvalue weighted by Gasteiger charge is -2.31. The Morgan fingerprint density at radius 1 is 0.544 bits per heavy atom. The van der Waals surface area contributed by atoms with Crippen LogP contribution in [-0.2, 0) is 28.6 Å². The summed E-state index contributed by atoms with van der Waals surface area (Å²) >= 11 is 0. The molecule has 0 spiro atoms. The number of carboxylic acids is 1. The summed E-state index contributed by atoms with van der Waals surface area (Å²) in [7, 11) is 5.52. The van der Waals surface area contributed by atoms with E-state index < -0.39 is 18.1 Å². The maximum atomic E-state index is 12.7. The van der Waals surface area contributed by atoms with Crippen LogP contribution < -0.4 is 0 Å². The fraction of sp³-hybridized carbons (Fsp3) is 0.776. The predicted octanol–water partition coefficient (Wildman–Crippen LogP) is 12.8. The maximum Gasteiger partial charge on any atom is 0.362 e. The molecule has 0 aliphatic carbocycles. The van der Waals surface area contributed by atoms with Crippen molar-refractivity contribution >= 4 is 17.9 Å². The van der Waals surface area contributed by atoms with Gasteiger partial charge in [0.1, 0.15) is 6.61 Å². The number of esters is 2. The van der Waals surface area contributed by atoms with Gasteiger partial charge < -0.3 is 23.8 Å². The quantitative estimate of drug-likeness (QED) is 0.0284. The number of ether oxygens (including phenoxy) is 3. The largest absolute Gasteiger partial charge is 0.477 e. The summed E-state index contributed by atoms with van der Waals surface area (Å²) in [5.74, 6) is -1.48. The number of aliphatic carboxylic acids is 1. The Morgan fingerprint density at radius 3 is 1.47 bits per heavy atom. The molecule has 0 aliphatic rings. The number of quaternary nitrogens is 1. The van der Waals surface area contributed by atoms with Gasteiger partial charge in [-0.05, 0) is 70.6 Å². The van der Waals surface area contributed by atoms with E-state index in [-0.39, 0.29) is 36.2 Å². The number of unbranched alkanes of at least 4 members (excludes halogenated alkanes) is 19. The number of carboxylic acid groups (broad SMARTS) is 1. The van der Waals surface area contributed by atoms with Crippen LogP contribution in [0.25, 0.3) is 0 Å². The van der Waals surface area contributed by atoms with E-state index in [2.05, 4.69) is 62.5 Å². The van der Waals surface area contributed by atoms with Gasteiger partial charge in [-0.2, -0.15) is 0 Å². The van der Waals surface area contributed by atoms with Crippen molar-refractivity contribution in [3.8, 4) is 0 Å². The monoisotopic (exact) mass is 803 g/mol. The third-order valence-corrected chi connectivity index (χ3v) is 10.2. The number of likely N-dealkylation sites (N-methyl/N-ethyl adjacent to an activating group) is 1. The molecule has 0 aromatic heterocycles. The molecule has 0 aliphatic heterocycles. The van der Waals surface area contributed by atoms with Crippen LogP contribution >= 0.6 is 0 Å². The summed E-state index contributed by atoms with van der Waals surface area (Å²) in [4.78, 5) is 37.0. The topological polar surface area (TPSA) is 99.1 Å². The second-order valence-corrected chi connectivity index (χ2v) is 16.6. The summed E-state index contributed by atoms with van der Waals surface area (Å²) in [6.07, 6.45) is 47.3. The zero-order valence-electron chi connectivity index (χ0n) is 37.5. The third-order valence-electron chi connectivity index (χ3n) is 10.2. The van der Waals surface area contributed by atoms with Gasteiger partial charge in [-0.15, -0.1) is 0 Å². The molecule has 0 rings (SSSR count). The molecule has 8 heteroatoms. The SMILES string of the molecule is CC/C=C/C/C=C/C/C=C/CCCCCCCCCCCCCC(=O)OCC(COCCC(C(=O)O)[N+](C)(C)C)OC(=O)CCCCCCC/C=C/CCCCC. The highest BCUT2D eigenvalue weighted by Gasteiger charge is 2.31. The van der Waals surface area contributed by atoms with Crippen molar-refractivity contribution in [2.45, 2.75) is 206 Å². The van der Waals surface area contributed by atoms with Crippen LogP contribution in [0.15, 0.2) is 48.6 Å². The summed E-state index contributed by atoms with van der Waals surface area (Å²) in [6, 6.07) is -0.616. The van der Waals surface area contributed by atoms with Crippen molar-refractivity contribution in [1.29, 1.82) is 0 Å². The molecule has 0 saturated carbocycles. The van der Waals surface area contributed by atoms with Gasteiger partial charge in [0.15, 0.2) is 12.1 Å². The Hall–Kier alpha value is -2.71. The van der Waals surface area contributed by atoms with Crippen LogP contribution in [0.2, 0.25) is 0 Å². The first-order chi connectivity index (χ1) is 27.6. The molecule has 2 atom stereocenters. The lowest BCUT2D eigenvalue weighted by molar-refractivity contribution is -0.887. The number of nitrogens with zero attached hydrogens (tertiary/aromatic N) is 1. The van der Waals surface area contributed by atoms with E-state index in [0.717, 1.165) is 70.6 Å². The molecule has 0 aromatic rings. The van der Waals surface area contributed by atoms with E-state index in [9.17, 15) is 19.5 Å². The zero-order valence-corrected chi connectivity index (χ0v) is 37.5. The minimum absolute atomic E-state index is 0.0556. The average Bonchev–Trinajstić information content (AvgIpc) is 3.17. The van der Waals surface area contributed by atoms with Gasteiger partial charge in [0.05, 0.1) is 34.4 Å². The summed E-state index contributed by atoms with van der Waals surface area (Å²) < 4.78 is 17.3. The van der Waals surface area contributed by atoms with Crippen LogP contribution in [0.1, 0.15) is 194 Å². The smallest absolute Gasteiger partial charge is 0.362 e. The zero-order chi connectivity index (χ0) is 42.1. The molecule has 8 nitrogen and oxygen atoms in total. The predicted molar refractivity (Wildman–Crippen MR) is 238 cm³/mol. The van der Waals surface area contributed by atoms with Crippen LogP contribution in [0.5, 0.6) is 0 Å². The van der Waals surface area contributed by atoms with E-state index in [1.165, 1.54) is 89.9 Å². The van der Waals surface area contributed by atoms with Crippen molar-refractivity contribution in [2.24, 2.45) is 0 Å². The minimum atomic E-state index is -0.877.